The van der Waals surface area contributed by atoms with Gasteiger partial charge in [-0.3, -0.25) is 4.90 Å². The summed E-state index contributed by atoms with van der Waals surface area (Å²) in [5, 5.41) is 0. The number of hydrogen-bond donors (Lipinski definition) is 1. The van der Waals surface area contributed by atoms with Crippen molar-refractivity contribution in [2.24, 2.45) is 5.73 Å². The number of piperidine rings is 1. The average molecular weight is 268 g/mol. The zero-order chi connectivity index (χ0) is 13.1. The van der Waals surface area contributed by atoms with Crippen LogP contribution in [0.4, 0.5) is 0 Å². The van der Waals surface area contributed by atoms with Crippen LogP contribution in [0.5, 0.6) is 0 Å². The molecule has 0 aliphatic carbocycles. The maximum absolute atomic E-state index is 6.37. The zero-order valence-electron chi connectivity index (χ0n) is 11.6. The number of rotatable bonds is 4. The summed E-state index contributed by atoms with van der Waals surface area (Å²) < 4.78 is 5.22. The molecule has 2 rings (SSSR count). The molecule has 2 atom stereocenters. The van der Waals surface area contributed by atoms with Crippen LogP contribution in [0.2, 0.25) is 0 Å². The molecule has 18 heavy (non-hydrogen) atoms. The van der Waals surface area contributed by atoms with E-state index >= 15 is 0 Å². The minimum absolute atomic E-state index is 0.253. The quantitative estimate of drug-likeness (QED) is 0.911. The molecule has 102 valence electrons. The maximum Gasteiger partial charge on any atom is 0.0589 e. The molecule has 2 N–H and O–H groups in total. The Morgan fingerprint density at radius 1 is 1.50 bits per heavy atom. The summed E-state index contributed by atoms with van der Waals surface area (Å²) in [6.07, 6.45) is 2.33. The Balaban J connectivity index is 2.21. The molecule has 1 aliphatic heterocycles. The molecular formula is C14H24N2OS. The number of nitrogens with two attached hydrogens (primary N) is 1. The van der Waals surface area contributed by atoms with Gasteiger partial charge in [0.05, 0.1) is 12.6 Å². The van der Waals surface area contributed by atoms with Gasteiger partial charge in [0, 0.05) is 29.5 Å². The molecule has 1 aromatic rings. The van der Waals surface area contributed by atoms with Gasteiger partial charge in [0.25, 0.3) is 0 Å². The van der Waals surface area contributed by atoms with Crippen LogP contribution in [0.25, 0.3) is 0 Å². The minimum atomic E-state index is 0.253. The van der Waals surface area contributed by atoms with Gasteiger partial charge in [-0.15, -0.1) is 11.3 Å². The zero-order valence-corrected chi connectivity index (χ0v) is 12.4. The molecule has 0 radical (unpaired) electrons. The van der Waals surface area contributed by atoms with Crippen molar-refractivity contribution in [3.05, 3.63) is 21.4 Å². The predicted molar refractivity (Wildman–Crippen MR) is 77.2 cm³/mol. The van der Waals surface area contributed by atoms with E-state index in [1.54, 1.807) is 7.11 Å². The molecule has 2 unspecified atom stereocenters. The van der Waals surface area contributed by atoms with E-state index in [0.717, 1.165) is 26.1 Å². The van der Waals surface area contributed by atoms with Crippen LogP contribution in [-0.2, 0) is 4.74 Å². The third kappa shape index (κ3) is 2.94. The lowest BCUT2D eigenvalue weighted by Crippen LogP contribution is -2.47. The number of ether oxygens (including phenoxy) is 1. The summed E-state index contributed by atoms with van der Waals surface area (Å²) in [5.41, 5.74) is 7.80. The average Bonchev–Trinajstić information content (AvgIpc) is 2.65. The Morgan fingerprint density at radius 2 is 2.28 bits per heavy atom. The van der Waals surface area contributed by atoms with Crippen LogP contribution in [0, 0.1) is 13.8 Å². The Labute approximate surface area is 114 Å². The van der Waals surface area contributed by atoms with Gasteiger partial charge in [-0.25, -0.2) is 0 Å². The number of hydrogen-bond acceptors (Lipinski definition) is 4. The van der Waals surface area contributed by atoms with Crippen LogP contribution in [0.3, 0.4) is 0 Å². The van der Waals surface area contributed by atoms with Crippen LogP contribution < -0.4 is 5.73 Å². The highest BCUT2D eigenvalue weighted by atomic mass is 32.1. The topological polar surface area (TPSA) is 38.5 Å². The van der Waals surface area contributed by atoms with Crippen molar-refractivity contribution in [3.63, 3.8) is 0 Å². The molecule has 0 amide bonds. The predicted octanol–water partition coefficient (Wildman–Crippen LogP) is 2.48. The molecule has 3 nitrogen and oxygen atoms in total. The molecule has 0 aromatic carbocycles. The molecule has 1 aliphatic rings. The van der Waals surface area contributed by atoms with E-state index in [1.807, 2.05) is 11.3 Å². The highest BCUT2D eigenvalue weighted by Gasteiger charge is 2.31. The van der Waals surface area contributed by atoms with E-state index in [1.165, 1.54) is 21.7 Å². The van der Waals surface area contributed by atoms with Gasteiger partial charge in [-0.2, -0.15) is 0 Å². The van der Waals surface area contributed by atoms with Gasteiger partial charge in [0.2, 0.25) is 0 Å². The normalized spacial score (nSPS) is 25.6. The molecule has 4 heteroatoms. The smallest absolute Gasteiger partial charge is 0.0589 e. The summed E-state index contributed by atoms with van der Waals surface area (Å²) in [7, 11) is 1.76. The molecule has 0 saturated carbocycles. The van der Waals surface area contributed by atoms with Crippen LogP contribution in [-0.4, -0.2) is 37.7 Å². The van der Waals surface area contributed by atoms with Crippen molar-refractivity contribution < 1.29 is 4.74 Å². The second-order valence-corrected chi connectivity index (χ2v) is 6.61. The first kappa shape index (κ1) is 14.0. The number of thiophene rings is 1. The fourth-order valence-corrected chi connectivity index (χ4v) is 3.90. The lowest BCUT2D eigenvalue weighted by molar-refractivity contribution is 0.0847. The van der Waals surface area contributed by atoms with Crippen LogP contribution >= 0.6 is 11.3 Å². The number of aryl methyl sites for hydroxylation is 2. The SMILES string of the molecule is COCCN1CCCC(N)C1c1cc(C)sc1C. The molecule has 1 aromatic heterocycles. The molecule has 1 fully saturated rings. The van der Waals surface area contributed by atoms with E-state index in [2.05, 4.69) is 24.8 Å². The van der Waals surface area contributed by atoms with E-state index in [9.17, 15) is 0 Å². The summed E-state index contributed by atoms with van der Waals surface area (Å²) in [5.74, 6) is 0. The number of likely N-dealkylation sites (tertiary alicyclic amines) is 1. The Kier molecular flexibility index (Phi) is 4.78. The molecule has 0 bridgehead atoms. The van der Waals surface area contributed by atoms with Crippen molar-refractivity contribution in [2.75, 3.05) is 26.8 Å². The van der Waals surface area contributed by atoms with E-state index in [-0.39, 0.29) is 6.04 Å². The van der Waals surface area contributed by atoms with Gasteiger partial charge < -0.3 is 10.5 Å². The highest BCUT2D eigenvalue weighted by Crippen LogP contribution is 2.35. The molecule has 1 saturated heterocycles. The molecule has 0 spiro atoms. The van der Waals surface area contributed by atoms with Crippen LogP contribution in [0.1, 0.15) is 34.2 Å². The fourth-order valence-electron chi connectivity index (χ4n) is 2.93. The lowest BCUT2D eigenvalue weighted by atomic mass is 9.91. The van der Waals surface area contributed by atoms with Crippen molar-refractivity contribution in [1.82, 2.24) is 4.90 Å². The van der Waals surface area contributed by atoms with Crippen molar-refractivity contribution in [3.8, 4) is 0 Å². The van der Waals surface area contributed by atoms with Gasteiger partial charge in [0.15, 0.2) is 0 Å². The maximum atomic E-state index is 6.37. The summed E-state index contributed by atoms with van der Waals surface area (Å²) in [4.78, 5) is 5.29. The summed E-state index contributed by atoms with van der Waals surface area (Å²) in [6, 6.07) is 2.94. The van der Waals surface area contributed by atoms with Crippen molar-refractivity contribution in [1.29, 1.82) is 0 Å². The van der Waals surface area contributed by atoms with Gasteiger partial charge in [-0.1, -0.05) is 0 Å². The van der Waals surface area contributed by atoms with Crippen LogP contribution in [0.15, 0.2) is 6.07 Å². The molecule has 2 heterocycles. The fraction of sp³-hybridized carbons (Fsp3) is 0.714. The highest BCUT2D eigenvalue weighted by molar-refractivity contribution is 7.12. The second kappa shape index (κ2) is 6.15. The first-order chi connectivity index (χ1) is 8.63. The second-order valence-electron chi connectivity index (χ2n) is 5.15. The van der Waals surface area contributed by atoms with Gasteiger partial charge in [0.1, 0.15) is 0 Å². The Morgan fingerprint density at radius 3 is 2.89 bits per heavy atom. The van der Waals surface area contributed by atoms with Gasteiger partial charge >= 0.3 is 0 Å². The lowest BCUT2D eigenvalue weighted by Gasteiger charge is -2.40. The standard InChI is InChI=1S/C14H24N2OS/c1-10-9-12(11(2)18-10)14-13(15)5-4-6-16(14)7-8-17-3/h9,13-14H,4-8,15H2,1-3H3. The first-order valence-electron chi connectivity index (χ1n) is 6.69. The Bertz CT molecular complexity index is 391. The largest absolute Gasteiger partial charge is 0.383 e. The van der Waals surface area contributed by atoms with E-state index in [4.69, 9.17) is 10.5 Å². The van der Waals surface area contributed by atoms with E-state index in [0.29, 0.717) is 6.04 Å². The molecular weight excluding hydrogens is 244 g/mol. The van der Waals surface area contributed by atoms with Gasteiger partial charge in [-0.05, 0) is 44.9 Å². The van der Waals surface area contributed by atoms with Crippen molar-refractivity contribution >= 4 is 11.3 Å². The number of nitrogens with zero attached hydrogens (tertiary/aromatic N) is 1. The first-order valence-corrected chi connectivity index (χ1v) is 7.50. The Hall–Kier alpha value is -0.420. The third-order valence-electron chi connectivity index (χ3n) is 3.76. The van der Waals surface area contributed by atoms with Crippen molar-refractivity contribution in [2.45, 2.75) is 38.8 Å². The monoisotopic (exact) mass is 268 g/mol. The van der Waals surface area contributed by atoms with E-state index < -0.39 is 0 Å². The summed E-state index contributed by atoms with van der Waals surface area (Å²) in [6.45, 7) is 7.28. The minimum Gasteiger partial charge on any atom is -0.383 e. The summed E-state index contributed by atoms with van der Waals surface area (Å²) >= 11 is 1.88. The third-order valence-corrected chi connectivity index (χ3v) is 4.74. The number of methoxy groups -OCH3 is 1.